The highest BCUT2D eigenvalue weighted by atomic mass is 16.5. The number of rotatable bonds is 7. The van der Waals surface area contributed by atoms with Crippen LogP contribution in [-0.4, -0.2) is 58.3 Å². The van der Waals surface area contributed by atoms with Crippen molar-refractivity contribution in [2.75, 3.05) is 25.0 Å². The monoisotopic (exact) mass is 425 g/mol. The SMILES string of the molecule is CC(C)C(=O)Nc1nccnc1C(=O)NC1CCN(C(=O)COc2ccccc2)CC1. The first-order valence-corrected chi connectivity index (χ1v) is 10.3. The average Bonchev–Trinajstić information content (AvgIpc) is 2.79. The second-order valence-corrected chi connectivity index (χ2v) is 7.63. The van der Waals surface area contributed by atoms with Crippen molar-refractivity contribution in [2.45, 2.75) is 32.7 Å². The van der Waals surface area contributed by atoms with E-state index in [2.05, 4.69) is 20.6 Å². The van der Waals surface area contributed by atoms with Gasteiger partial charge in [-0.3, -0.25) is 14.4 Å². The predicted molar refractivity (Wildman–Crippen MR) is 115 cm³/mol. The Morgan fingerprint density at radius 2 is 1.77 bits per heavy atom. The molecule has 164 valence electrons. The van der Waals surface area contributed by atoms with Crippen molar-refractivity contribution in [3.63, 3.8) is 0 Å². The molecule has 0 aliphatic carbocycles. The fourth-order valence-corrected chi connectivity index (χ4v) is 3.14. The number of aromatic nitrogens is 2. The molecule has 1 saturated heterocycles. The van der Waals surface area contributed by atoms with E-state index in [-0.39, 0.29) is 41.9 Å². The minimum atomic E-state index is -0.399. The third-order valence-electron chi connectivity index (χ3n) is 4.97. The van der Waals surface area contributed by atoms with E-state index in [9.17, 15) is 14.4 Å². The molecule has 0 atom stereocenters. The predicted octanol–water partition coefficient (Wildman–Crippen LogP) is 1.87. The maximum absolute atomic E-state index is 12.7. The highest BCUT2D eigenvalue weighted by Crippen LogP contribution is 2.15. The molecule has 3 amide bonds. The number of para-hydroxylation sites is 1. The summed E-state index contributed by atoms with van der Waals surface area (Å²) >= 11 is 0. The molecule has 3 rings (SSSR count). The number of carbonyl (C=O) groups is 3. The van der Waals surface area contributed by atoms with Crippen molar-refractivity contribution < 1.29 is 19.1 Å². The zero-order chi connectivity index (χ0) is 22.2. The number of hydrogen-bond acceptors (Lipinski definition) is 6. The summed E-state index contributed by atoms with van der Waals surface area (Å²) in [7, 11) is 0. The van der Waals surface area contributed by atoms with Gasteiger partial charge in [0.05, 0.1) is 0 Å². The molecule has 1 aliphatic rings. The number of hydrogen-bond donors (Lipinski definition) is 2. The largest absolute Gasteiger partial charge is 0.484 e. The van der Waals surface area contributed by atoms with Crippen molar-refractivity contribution in [1.82, 2.24) is 20.2 Å². The van der Waals surface area contributed by atoms with Gasteiger partial charge >= 0.3 is 0 Å². The van der Waals surface area contributed by atoms with E-state index in [0.29, 0.717) is 31.7 Å². The van der Waals surface area contributed by atoms with E-state index in [4.69, 9.17) is 4.74 Å². The minimum absolute atomic E-state index is 0.0143. The Bertz CT molecular complexity index is 911. The number of nitrogens with zero attached hydrogens (tertiary/aromatic N) is 3. The highest BCUT2D eigenvalue weighted by Gasteiger charge is 2.26. The normalized spacial score (nSPS) is 14.2. The van der Waals surface area contributed by atoms with Crippen molar-refractivity contribution in [2.24, 2.45) is 5.92 Å². The topological polar surface area (TPSA) is 114 Å². The molecule has 0 radical (unpaired) electrons. The number of nitrogens with one attached hydrogen (secondary N) is 2. The molecule has 2 N–H and O–H groups in total. The number of piperidine rings is 1. The summed E-state index contributed by atoms with van der Waals surface area (Å²) < 4.78 is 5.52. The lowest BCUT2D eigenvalue weighted by Crippen LogP contribution is -2.47. The first-order chi connectivity index (χ1) is 14.9. The summed E-state index contributed by atoms with van der Waals surface area (Å²) in [5, 5.41) is 5.57. The minimum Gasteiger partial charge on any atom is -0.484 e. The number of amides is 3. The van der Waals surface area contributed by atoms with Gasteiger partial charge in [-0.2, -0.15) is 0 Å². The van der Waals surface area contributed by atoms with Crippen LogP contribution in [0.5, 0.6) is 5.75 Å². The fourth-order valence-electron chi connectivity index (χ4n) is 3.14. The van der Waals surface area contributed by atoms with Crippen molar-refractivity contribution in [3.8, 4) is 5.75 Å². The average molecular weight is 425 g/mol. The number of ether oxygens (including phenoxy) is 1. The first-order valence-electron chi connectivity index (χ1n) is 10.3. The summed E-state index contributed by atoms with van der Waals surface area (Å²) in [6, 6.07) is 9.10. The summed E-state index contributed by atoms with van der Waals surface area (Å²) in [6.07, 6.45) is 4.08. The molecule has 1 aromatic carbocycles. The van der Waals surface area contributed by atoms with Gasteiger partial charge in [-0.15, -0.1) is 0 Å². The zero-order valence-electron chi connectivity index (χ0n) is 17.7. The van der Waals surface area contributed by atoms with Gasteiger partial charge in [0.2, 0.25) is 5.91 Å². The second-order valence-electron chi connectivity index (χ2n) is 7.63. The Kier molecular flexibility index (Phi) is 7.53. The standard InChI is InChI=1S/C22H27N5O4/c1-15(2)21(29)26-20-19(23-10-11-24-20)22(30)25-16-8-12-27(13-9-16)18(28)14-31-17-6-4-3-5-7-17/h3-7,10-11,15-16H,8-9,12-14H2,1-2H3,(H,25,30)(H,24,26,29). The van der Waals surface area contributed by atoms with E-state index < -0.39 is 5.91 Å². The number of benzene rings is 1. The van der Waals surface area contributed by atoms with Gasteiger partial charge in [0, 0.05) is 37.4 Å². The van der Waals surface area contributed by atoms with Gasteiger partial charge in [-0.05, 0) is 25.0 Å². The molecule has 9 heteroatoms. The maximum atomic E-state index is 12.7. The summed E-state index contributed by atoms with van der Waals surface area (Å²) in [5.74, 6) is -0.165. The Morgan fingerprint density at radius 1 is 1.10 bits per heavy atom. The Hall–Kier alpha value is -3.49. The Balaban J connectivity index is 1.49. The molecule has 2 aromatic rings. The Labute approximate surface area is 181 Å². The summed E-state index contributed by atoms with van der Waals surface area (Å²) in [4.78, 5) is 46.9. The smallest absolute Gasteiger partial charge is 0.273 e. The third kappa shape index (κ3) is 6.24. The molecular formula is C22H27N5O4. The van der Waals surface area contributed by atoms with Crippen molar-refractivity contribution in [1.29, 1.82) is 0 Å². The lowest BCUT2D eigenvalue weighted by Gasteiger charge is -2.32. The molecular weight excluding hydrogens is 398 g/mol. The van der Waals surface area contributed by atoms with E-state index in [1.807, 2.05) is 18.2 Å². The summed E-state index contributed by atoms with van der Waals surface area (Å²) in [6.45, 7) is 4.55. The first kappa shape index (κ1) is 22.2. The lowest BCUT2D eigenvalue weighted by molar-refractivity contribution is -0.134. The van der Waals surface area contributed by atoms with Gasteiger partial charge < -0.3 is 20.3 Å². The Morgan fingerprint density at radius 3 is 2.45 bits per heavy atom. The van der Waals surface area contributed by atoms with Crippen LogP contribution >= 0.6 is 0 Å². The van der Waals surface area contributed by atoms with E-state index >= 15 is 0 Å². The van der Waals surface area contributed by atoms with Crippen LogP contribution in [0.4, 0.5) is 5.82 Å². The molecule has 2 heterocycles. The fraction of sp³-hybridized carbons (Fsp3) is 0.409. The number of anilines is 1. The maximum Gasteiger partial charge on any atom is 0.273 e. The molecule has 0 unspecified atom stereocenters. The molecule has 0 spiro atoms. The van der Waals surface area contributed by atoms with E-state index in [1.165, 1.54) is 12.4 Å². The molecule has 1 aromatic heterocycles. The van der Waals surface area contributed by atoms with E-state index in [1.54, 1.807) is 30.9 Å². The van der Waals surface area contributed by atoms with E-state index in [0.717, 1.165) is 0 Å². The molecule has 1 fully saturated rings. The molecule has 31 heavy (non-hydrogen) atoms. The quantitative estimate of drug-likeness (QED) is 0.700. The lowest BCUT2D eigenvalue weighted by atomic mass is 10.0. The molecule has 0 saturated carbocycles. The van der Waals surface area contributed by atoms with Gasteiger partial charge in [0.25, 0.3) is 11.8 Å². The van der Waals surface area contributed by atoms with Crippen LogP contribution < -0.4 is 15.4 Å². The molecule has 0 bridgehead atoms. The second kappa shape index (κ2) is 10.5. The summed E-state index contributed by atoms with van der Waals surface area (Å²) in [5.41, 5.74) is 0.0752. The van der Waals surface area contributed by atoms with Crippen LogP contribution in [0.15, 0.2) is 42.7 Å². The van der Waals surface area contributed by atoms with Crippen molar-refractivity contribution in [3.05, 3.63) is 48.4 Å². The van der Waals surface area contributed by atoms with Crippen LogP contribution in [-0.2, 0) is 9.59 Å². The van der Waals surface area contributed by atoms with Crippen LogP contribution in [0.25, 0.3) is 0 Å². The molecule has 9 nitrogen and oxygen atoms in total. The molecule has 1 aliphatic heterocycles. The van der Waals surface area contributed by atoms with Gasteiger partial charge in [-0.1, -0.05) is 32.0 Å². The van der Waals surface area contributed by atoms with Crippen LogP contribution in [0.2, 0.25) is 0 Å². The number of likely N-dealkylation sites (tertiary alicyclic amines) is 1. The number of carbonyl (C=O) groups excluding carboxylic acids is 3. The highest BCUT2D eigenvalue weighted by molar-refractivity contribution is 6.01. The zero-order valence-corrected chi connectivity index (χ0v) is 17.7. The van der Waals surface area contributed by atoms with Crippen LogP contribution in [0.1, 0.15) is 37.2 Å². The van der Waals surface area contributed by atoms with Crippen LogP contribution in [0.3, 0.4) is 0 Å². The van der Waals surface area contributed by atoms with Gasteiger partial charge in [-0.25, -0.2) is 9.97 Å². The van der Waals surface area contributed by atoms with Gasteiger partial charge in [0.15, 0.2) is 18.1 Å². The third-order valence-corrected chi connectivity index (χ3v) is 4.97. The van der Waals surface area contributed by atoms with Crippen molar-refractivity contribution >= 4 is 23.5 Å². The van der Waals surface area contributed by atoms with Crippen LogP contribution in [0, 0.1) is 5.92 Å². The van der Waals surface area contributed by atoms with Gasteiger partial charge in [0.1, 0.15) is 5.75 Å².